The molecular formula is C16H22N6O6S. The number of aryl methyl sites for hydroxylation is 1. The summed E-state index contributed by atoms with van der Waals surface area (Å²) in [6.07, 6.45) is 0. The lowest BCUT2D eigenvalue weighted by Gasteiger charge is -2.38. The van der Waals surface area contributed by atoms with Gasteiger partial charge in [-0.15, -0.1) is 0 Å². The van der Waals surface area contributed by atoms with Crippen molar-refractivity contribution in [3.05, 3.63) is 36.2 Å². The van der Waals surface area contributed by atoms with Crippen LogP contribution in [0, 0.1) is 6.92 Å². The van der Waals surface area contributed by atoms with E-state index in [1.54, 1.807) is 25.1 Å². The van der Waals surface area contributed by atoms with Gasteiger partial charge in [0.05, 0.1) is 12.8 Å². The van der Waals surface area contributed by atoms with Gasteiger partial charge in [-0.2, -0.15) is 27.7 Å². The summed E-state index contributed by atoms with van der Waals surface area (Å²) in [6, 6.07) is 6.87. The van der Waals surface area contributed by atoms with Crippen LogP contribution in [-0.4, -0.2) is 56.6 Å². The van der Waals surface area contributed by atoms with Crippen LogP contribution in [0.5, 0.6) is 6.01 Å². The Kier molecular flexibility index (Phi) is 6.89. The van der Waals surface area contributed by atoms with Gasteiger partial charge in [0.25, 0.3) is 5.91 Å². The molecule has 0 aliphatic carbocycles. The number of hydrogen-bond donors (Lipinski definition) is 2. The van der Waals surface area contributed by atoms with Crippen molar-refractivity contribution in [3.63, 3.8) is 0 Å². The van der Waals surface area contributed by atoms with Crippen molar-refractivity contribution in [3.8, 4) is 6.01 Å². The molecule has 0 radical (unpaired) electrons. The molecule has 2 rings (SSSR count). The Labute approximate surface area is 168 Å². The lowest BCUT2D eigenvalue weighted by molar-refractivity contribution is -0.182. The predicted molar refractivity (Wildman–Crippen MR) is 104 cm³/mol. The van der Waals surface area contributed by atoms with Crippen LogP contribution in [0.1, 0.15) is 12.7 Å². The highest BCUT2D eigenvalue weighted by molar-refractivity contribution is 7.91. The molecule has 0 bridgehead atoms. The monoisotopic (exact) mass is 426 g/mol. The first-order valence-corrected chi connectivity index (χ1v) is 9.65. The molecular weight excluding hydrogens is 404 g/mol. The van der Waals surface area contributed by atoms with E-state index in [4.69, 9.17) is 14.2 Å². The molecule has 158 valence electrons. The first-order chi connectivity index (χ1) is 13.6. The molecule has 0 aliphatic rings. The number of amides is 2. The second-order valence-corrected chi connectivity index (χ2v) is 7.18. The molecule has 1 aromatic carbocycles. The summed E-state index contributed by atoms with van der Waals surface area (Å²) in [5.41, 5.74) is 0.205. The Morgan fingerprint density at radius 1 is 1.07 bits per heavy atom. The van der Waals surface area contributed by atoms with Crippen LogP contribution in [0.4, 0.5) is 16.4 Å². The van der Waals surface area contributed by atoms with Gasteiger partial charge in [-0.3, -0.25) is 5.32 Å². The molecule has 2 amide bonds. The first-order valence-electron chi connectivity index (χ1n) is 8.21. The third-order valence-electron chi connectivity index (χ3n) is 3.71. The number of hydrogen-bond acceptors (Lipinski definition) is 9. The number of nitrogens with zero attached hydrogens (tertiary/aromatic N) is 4. The van der Waals surface area contributed by atoms with E-state index in [1.807, 2.05) is 4.72 Å². The SMILES string of the molecule is COc1nc(C)nc(NC(=O)NS(=O)(=O)N(c2ccccc2)C(C)(OC)OC)n1. The maximum absolute atomic E-state index is 13.0. The third-order valence-corrected chi connectivity index (χ3v) is 5.18. The maximum Gasteiger partial charge on any atom is 0.336 e. The molecule has 0 atom stereocenters. The zero-order chi connectivity index (χ0) is 21.7. The van der Waals surface area contributed by atoms with E-state index in [0.29, 0.717) is 0 Å². The molecule has 29 heavy (non-hydrogen) atoms. The van der Waals surface area contributed by atoms with E-state index in [9.17, 15) is 13.2 Å². The number of benzene rings is 1. The zero-order valence-corrected chi connectivity index (χ0v) is 17.3. The van der Waals surface area contributed by atoms with E-state index in [-0.39, 0.29) is 23.5 Å². The Balaban J connectivity index is 2.32. The summed E-state index contributed by atoms with van der Waals surface area (Å²) < 4.78 is 44.0. The van der Waals surface area contributed by atoms with Crippen LogP contribution < -0.4 is 19.1 Å². The standard InChI is InChI=1S/C16H22N6O6S/c1-11-17-13(20-15(18-11)26-3)19-14(23)21-29(24,25)22(16(2,27-4)28-5)12-9-7-6-8-10-12/h6-10H,1-5H3,(H2,17,18,19,20,21,23). The Bertz CT molecular complexity index is 952. The molecule has 0 saturated carbocycles. The molecule has 0 spiro atoms. The van der Waals surface area contributed by atoms with Gasteiger partial charge in [0.1, 0.15) is 5.82 Å². The smallest absolute Gasteiger partial charge is 0.336 e. The van der Waals surface area contributed by atoms with Gasteiger partial charge < -0.3 is 14.2 Å². The Morgan fingerprint density at radius 3 is 2.24 bits per heavy atom. The fourth-order valence-corrected chi connectivity index (χ4v) is 3.66. The van der Waals surface area contributed by atoms with E-state index in [0.717, 1.165) is 4.31 Å². The van der Waals surface area contributed by atoms with Crippen LogP contribution >= 0.6 is 0 Å². The van der Waals surface area contributed by atoms with Crippen LogP contribution in [0.3, 0.4) is 0 Å². The van der Waals surface area contributed by atoms with Crippen molar-refractivity contribution < 1.29 is 27.4 Å². The van der Waals surface area contributed by atoms with Crippen LogP contribution in [-0.2, 0) is 19.7 Å². The summed E-state index contributed by atoms with van der Waals surface area (Å²) in [6.45, 7) is 2.95. The molecule has 13 heteroatoms. The van der Waals surface area contributed by atoms with Gasteiger partial charge in [-0.05, 0) is 19.1 Å². The molecule has 0 unspecified atom stereocenters. The number of anilines is 2. The van der Waals surface area contributed by atoms with Crippen molar-refractivity contribution in [1.29, 1.82) is 0 Å². The number of nitrogens with one attached hydrogen (secondary N) is 2. The Hall–Kier alpha value is -3.03. The van der Waals surface area contributed by atoms with Crippen molar-refractivity contribution in [2.24, 2.45) is 0 Å². The van der Waals surface area contributed by atoms with E-state index < -0.39 is 22.2 Å². The van der Waals surface area contributed by atoms with Crippen molar-refractivity contribution in [2.75, 3.05) is 31.0 Å². The minimum Gasteiger partial charge on any atom is -0.467 e. The lowest BCUT2D eigenvalue weighted by atomic mass is 10.3. The fourth-order valence-electron chi connectivity index (χ4n) is 2.30. The summed E-state index contributed by atoms with van der Waals surface area (Å²) in [4.78, 5) is 23.9. The van der Waals surface area contributed by atoms with Gasteiger partial charge in [-0.25, -0.2) is 9.52 Å². The van der Waals surface area contributed by atoms with Crippen molar-refractivity contribution >= 4 is 27.9 Å². The number of aromatic nitrogens is 3. The topological polar surface area (TPSA) is 145 Å². The second kappa shape index (κ2) is 8.98. The number of ether oxygens (including phenoxy) is 3. The number of para-hydroxylation sites is 1. The van der Waals surface area contributed by atoms with Crippen LogP contribution in [0.15, 0.2) is 30.3 Å². The number of carbonyl (C=O) groups excluding carboxylic acids is 1. The van der Waals surface area contributed by atoms with Gasteiger partial charge >= 0.3 is 22.3 Å². The molecule has 0 fully saturated rings. The van der Waals surface area contributed by atoms with Crippen molar-refractivity contribution in [1.82, 2.24) is 19.7 Å². The fraction of sp³-hybridized carbons (Fsp3) is 0.375. The normalized spacial score (nSPS) is 11.6. The quantitative estimate of drug-likeness (QED) is 0.591. The van der Waals surface area contributed by atoms with Gasteiger partial charge in [0.15, 0.2) is 0 Å². The molecule has 1 aromatic heterocycles. The minimum absolute atomic E-state index is 0.0343. The Morgan fingerprint density at radius 2 is 1.69 bits per heavy atom. The number of methoxy groups -OCH3 is 3. The lowest BCUT2D eigenvalue weighted by Crippen LogP contribution is -2.57. The zero-order valence-electron chi connectivity index (χ0n) is 16.5. The average molecular weight is 426 g/mol. The van der Waals surface area contributed by atoms with Gasteiger partial charge in [0.2, 0.25) is 5.95 Å². The molecule has 1 heterocycles. The highest BCUT2D eigenvalue weighted by Gasteiger charge is 2.42. The predicted octanol–water partition coefficient (Wildman–Crippen LogP) is 1.03. The molecule has 0 saturated heterocycles. The molecule has 0 aliphatic heterocycles. The number of urea groups is 1. The average Bonchev–Trinajstić information content (AvgIpc) is 2.67. The maximum atomic E-state index is 13.0. The third kappa shape index (κ3) is 5.28. The van der Waals surface area contributed by atoms with Crippen LogP contribution in [0.2, 0.25) is 0 Å². The summed E-state index contributed by atoms with van der Waals surface area (Å²) in [7, 11) is -0.594. The second-order valence-electron chi connectivity index (χ2n) is 5.66. The van der Waals surface area contributed by atoms with E-state index in [1.165, 1.54) is 40.4 Å². The summed E-state index contributed by atoms with van der Waals surface area (Å²) >= 11 is 0. The highest BCUT2D eigenvalue weighted by atomic mass is 32.2. The van der Waals surface area contributed by atoms with Crippen molar-refractivity contribution in [2.45, 2.75) is 19.8 Å². The first kappa shape index (κ1) is 22.3. The van der Waals surface area contributed by atoms with Gasteiger partial charge in [0, 0.05) is 21.1 Å². The summed E-state index contributed by atoms with van der Waals surface area (Å²) in [5.74, 6) is -1.65. The minimum atomic E-state index is -4.48. The van der Waals surface area contributed by atoms with Crippen LogP contribution in [0.25, 0.3) is 0 Å². The van der Waals surface area contributed by atoms with E-state index in [2.05, 4.69) is 20.3 Å². The van der Waals surface area contributed by atoms with E-state index >= 15 is 0 Å². The van der Waals surface area contributed by atoms with Gasteiger partial charge in [-0.1, -0.05) is 18.2 Å². The largest absolute Gasteiger partial charge is 0.467 e. The number of rotatable bonds is 8. The molecule has 2 N–H and O–H groups in total. The molecule has 12 nitrogen and oxygen atoms in total. The highest BCUT2D eigenvalue weighted by Crippen LogP contribution is 2.28. The molecule has 2 aromatic rings. The summed E-state index contributed by atoms with van der Waals surface area (Å²) in [5, 5.41) is 2.23. The number of carbonyl (C=O) groups is 1.